The molecule has 0 atom stereocenters. The smallest absolute Gasteiger partial charge is 0.325 e. The number of para-hydroxylation sites is 2. The van der Waals surface area contributed by atoms with E-state index in [-0.39, 0.29) is 12.5 Å². The van der Waals surface area contributed by atoms with Gasteiger partial charge in [0.1, 0.15) is 17.8 Å². The van der Waals surface area contributed by atoms with Gasteiger partial charge >= 0.3 is 6.03 Å². The van der Waals surface area contributed by atoms with Gasteiger partial charge in [-0.3, -0.25) is 14.5 Å². The van der Waals surface area contributed by atoms with Crippen molar-refractivity contribution in [2.45, 2.75) is 52.0 Å². The first-order valence-corrected chi connectivity index (χ1v) is 9.13. The van der Waals surface area contributed by atoms with E-state index in [1.165, 1.54) is 0 Å². The van der Waals surface area contributed by atoms with Gasteiger partial charge in [-0.2, -0.15) is 0 Å². The van der Waals surface area contributed by atoms with Crippen LogP contribution in [0.4, 0.5) is 10.5 Å². The number of ether oxygens (including phenoxy) is 1. The van der Waals surface area contributed by atoms with E-state index in [1.807, 2.05) is 26.8 Å². The fourth-order valence-corrected chi connectivity index (χ4v) is 3.32. The zero-order chi connectivity index (χ0) is 19.2. The van der Waals surface area contributed by atoms with Crippen LogP contribution in [0.2, 0.25) is 0 Å². The van der Waals surface area contributed by atoms with Gasteiger partial charge in [-0.1, -0.05) is 38.8 Å². The highest BCUT2D eigenvalue weighted by molar-refractivity contribution is 6.10. The summed E-state index contributed by atoms with van der Waals surface area (Å²) in [6.45, 7) is 5.94. The molecule has 1 aromatic carbocycles. The molecule has 7 heteroatoms. The monoisotopic (exact) mass is 361 g/mol. The number of hydrogen-bond donors (Lipinski definition) is 2. The van der Waals surface area contributed by atoms with Crippen LogP contribution in [0.3, 0.4) is 0 Å². The average Bonchev–Trinajstić information content (AvgIpc) is 2.82. The third-order valence-corrected chi connectivity index (χ3v) is 4.36. The summed E-state index contributed by atoms with van der Waals surface area (Å²) >= 11 is 0. The number of carbonyl (C=O) groups is 3. The third kappa shape index (κ3) is 4.15. The first-order valence-electron chi connectivity index (χ1n) is 9.13. The van der Waals surface area contributed by atoms with E-state index in [0.29, 0.717) is 30.9 Å². The van der Waals surface area contributed by atoms with Crippen LogP contribution in [0, 0.1) is 0 Å². The van der Waals surface area contributed by atoms with E-state index in [2.05, 4.69) is 10.6 Å². The number of nitrogens with one attached hydrogen (secondary N) is 2. The molecule has 1 saturated heterocycles. The van der Waals surface area contributed by atoms with Crippen molar-refractivity contribution in [1.29, 1.82) is 0 Å². The number of anilines is 1. The molecule has 1 aliphatic heterocycles. The van der Waals surface area contributed by atoms with E-state index < -0.39 is 17.5 Å². The molecule has 0 unspecified atom stereocenters. The molecule has 2 rings (SSSR count). The molecule has 26 heavy (non-hydrogen) atoms. The van der Waals surface area contributed by atoms with E-state index in [4.69, 9.17) is 4.74 Å². The van der Waals surface area contributed by atoms with Crippen molar-refractivity contribution in [1.82, 2.24) is 10.2 Å². The number of carbonyl (C=O) groups excluding carboxylic acids is 3. The molecule has 0 aromatic heterocycles. The van der Waals surface area contributed by atoms with Gasteiger partial charge in [0.05, 0.1) is 12.3 Å². The average molecular weight is 361 g/mol. The molecule has 1 aromatic rings. The SMILES string of the molecule is CCCC1(CCC)NC(=O)N(CC(=O)Nc2ccccc2OCC)C1=O. The maximum atomic E-state index is 12.8. The molecule has 4 amide bonds. The van der Waals surface area contributed by atoms with Crippen molar-refractivity contribution in [2.24, 2.45) is 0 Å². The summed E-state index contributed by atoms with van der Waals surface area (Å²) in [6, 6.07) is 6.54. The number of amides is 4. The largest absolute Gasteiger partial charge is 0.492 e. The lowest BCUT2D eigenvalue weighted by Crippen LogP contribution is -2.47. The Balaban J connectivity index is 2.09. The Labute approximate surface area is 154 Å². The molecule has 0 saturated carbocycles. The molecule has 7 nitrogen and oxygen atoms in total. The van der Waals surface area contributed by atoms with Gasteiger partial charge in [0, 0.05) is 0 Å². The van der Waals surface area contributed by atoms with Gasteiger partial charge in [0.2, 0.25) is 5.91 Å². The maximum absolute atomic E-state index is 12.8. The molecule has 1 heterocycles. The van der Waals surface area contributed by atoms with Crippen molar-refractivity contribution < 1.29 is 19.1 Å². The minimum absolute atomic E-state index is 0.319. The predicted octanol–water partition coefficient (Wildman–Crippen LogP) is 2.91. The quantitative estimate of drug-likeness (QED) is 0.662. The van der Waals surface area contributed by atoms with Gasteiger partial charge in [-0.05, 0) is 31.9 Å². The zero-order valence-electron chi connectivity index (χ0n) is 15.6. The van der Waals surface area contributed by atoms with E-state index >= 15 is 0 Å². The highest BCUT2D eigenvalue weighted by Crippen LogP contribution is 2.28. The third-order valence-electron chi connectivity index (χ3n) is 4.36. The number of benzene rings is 1. The normalized spacial score (nSPS) is 15.7. The number of rotatable bonds is 9. The van der Waals surface area contributed by atoms with Gasteiger partial charge in [0.15, 0.2) is 0 Å². The Morgan fingerprint density at radius 1 is 1.15 bits per heavy atom. The van der Waals surface area contributed by atoms with E-state index in [0.717, 1.165) is 17.7 Å². The van der Waals surface area contributed by atoms with Crippen molar-refractivity contribution in [2.75, 3.05) is 18.5 Å². The molecule has 1 fully saturated rings. The second kappa shape index (κ2) is 8.69. The Morgan fingerprint density at radius 3 is 2.42 bits per heavy atom. The Hall–Kier alpha value is -2.57. The first kappa shape index (κ1) is 19.8. The van der Waals surface area contributed by atoms with Crippen LogP contribution in [0.25, 0.3) is 0 Å². The van der Waals surface area contributed by atoms with E-state index in [1.54, 1.807) is 18.2 Å². The minimum atomic E-state index is -0.885. The zero-order valence-corrected chi connectivity index (χ0v) is 15.6. The number of hydrogen-bond acceptors (Lipinski definition) is 4. The predicted molar refractivity (Wildman–Crippen MR) is 99.0 cm³/mol. The van der Waals surface area contributed by atoms with Crippen LogP contribution in [0.15, 0.2) is 24.3 Å². The Morgan fingerprint density at radius 2 is 1.81 bits per heavy atom. The molecule has 0 aliphatic carbocycles. The summed E-state index contributed by atoms with van der Waals surface area (Å²) in [7, 11) is 0. The molecule has 1 aliphatic rings. The lowest BCUT2D eigenvalue weighted by molar-refractivity contribution is -0.134. The van der Waals surface area contributed by atoms with Crippen LogP contribution < -0.4 is 15.4 Å². The van der Waals surface area contributed by atoms with Crippen LogP contribution in [-0.4, -0.2) is 41.4 Å². The lowest BCUT2D eigenvalue weighted by Gasteiger charge is -2.25. The fraction of sp³-hybridized carbons (Fsp3) is 0.526. The highest BCUT2D eigenvalue weighted by Gasteiger charge is 2.50. The summed E-state index contributed by atoms with van der Waals surface area (Å²) in [4.78, 5) is 38.5. The summed E-state index contributed by atoms with van der Waals surface area (Å²) < 4.78 is 5.47. The van der Waals surface area contributed by atoms with E-state index in [9.17, 15) is 14.4 Å². The summed E-state index contributed by atoms with van der Waals surface area (Å²) in [5.74, 6) is -0.212. The van der Waals surface area contributed by atoms with Gasteiger partial charge < -0.3 is 15.4 Å². The number of urea groups is 1. The maximum Gasteiger partial charge on any atom is 0.325 e. The second-order valence-electron chi connectivity index (χ2n) is 6.38. The topological polar surface area (TPSA) is 87.7 Å². The summed E-state index contributed by atoms with van der Waals surface area (Å²) in [6.07, 6.45) is 2.68. The summed E-state index contributed by atoms with van der Waals surface area (Å²) in [5.41, 5.74) is -0.371. The second-order valence-corrected chi connectivity index (χ2v) is 6.38. The first-order chi connectivity index (χ1) is 12.5. The van der Waals surface area contributed by atoms with Crippen LogP contribution in [-0.2, 0) is 9.59 Å². The highest BCUT2D eigenvalue weighted by atomic mass is 16.5. The Kier molecular flexibility index (Phi) is 6.60. The standard InChI is InChI=1S/C19H27N3O4/c1-4-11-19(12-5-2)17(24)22(18(25)21-19)13-16(23)20-14-9-7-8-10-15(14)26-6-3/h7-10H,4-6,11-13H2,1-3H3,(H,20,23)(H,21,25). The molecule has 0 radical (unpaired) electrons. The molecule has 142 valence electrons. The minimum Gasteiger partial charge on any atom is -0.492 e. The molecule has 0 spiro atoms. The number of imide groups is 1. The van der Waals surface area contributed by atoms with Gasteiger partial charge in [0.25, 0.3) is 5.91 Å². The van der Waals surface area contributed by atoms with Crippen LogP contribution >= 0.6 is 0 Å². The van der Waals surface area contributed by atoms with Crippen molar-refractivity contribution in [3.05, 3.63) is 24.3 Å². The fourth-order valence-electron chi connectivity index (χ4n) is 3.32. The number of nitrogens with zero attached hydrogens (tertiary/aromatic N) is 1. The summed E-state index contributed by atoms with van der Waals surface area (Å²) in [5, 5.41) is 5.52. The van der Waals surface area contributed by atoms with Gasteiger partial charge in [-0.25, -0.2) is 4.79 Å². The molecular formula is C19H27N3O4. The van der Waals surface area contributed by atoms with Crippen molar-refractivity contribution >= 4 is 23.5 Å². The van der Waals surface area contributed by atoms with Crippen LogP contribution in [0.1, 0.15) is 46.5 Å². The molecule has 2 N–H and O–H groups in total. The van der Waals surface area contributed by atoms with Crippen molar-refractivity contribution in [3.63, 3.8) is 0 Å². The molecule has 0 bridgehead atoms. The van der Waals surface area contributed by atoms with Crippen molar-refractivity contribution in [3.8, 4) is 5.75 Å². The van der Waals surface area contributed by atoms with Gasteiger partial charge in [-0.15, -0.1) is 0 Å². The Bertz CT molecular complexity index is 669. The lowest BCUT2D eigenvalue weighted by atomic mass is 9.88. The molecular weight excluding hydrogens is 334 g/mol. The van der Waals surface area contributed by atoms with Crippen LogP contribution in [0.5, 0.6) is 5.75 Å².